The Hall–Kier alpha value is -0.870. The smallest absolute Gasteiger partial charge is 0.264 e. The highest BCUT2D eigenvalue weighted by molar-refractivity contribution is 7.12. The molecule has 17 heavy (non-hydrogen) atoms. The van der Waals surface area contributed by atoms with E-state index in [0.717, 1.165) is 17.7 Å². The van der Waals surface area contributed by atoms with Gasteiger partial charge in [-0.05, 0) is 30.2 Å². The van der Waals surface area contributed by atoms with Gasteiger partial charge in [-0.25, -0.2) is 0 Å². The zero-order valence-electron chi connectivity index (χ0n) is 9.93. The van der Waals surface area contributed by atoms with Gasteiger partial charge in [0.25, 0.3) is 5.91 Å². The van der Waals surface area contributed by atoms with Crippen LogP contribution >= 0.6 is 11.3 Å². The van der Waals surface area contributed by atoms with Crippen LogP contribution in [0.1, 0.15) is 29.4 Å². The maximum atomic E-state index is 12.2. The van der Waals surface area contributed by atoms with E-state index in [1.54, 1.807) is 0 Å². The molecule has 1 saturated carbocycles. The predicted octanol–water partition coefficient (Wildman–Crippen LogP) is 1.98. The zero-order chi connectivity index (χ0) is 12.0. The Balaban J connectivity index is 1.77. The first kappa shape index (κ1) is 11.2. The van der Waals surface area contributed by atoms with E-state index in [2.05, 4.69) is 6.92 Å². The van der Waals surface area contributed by atoms with Gasteiger partial charge in [-0.3, -0.25) is 4.79 Å². The van der Waals surface area contributed by atoms with Crippen LogP contribution in [0.5, 0.6) is 0 Å². The van der Waals surface area contributed by atoms with E-state index < -0.39 is 5.60 Å². The topological polar surface area (TPSA) is 40.5 Å². The lowest BCUT2D eigenvalue weighted by Crippen LogP contribution is -2.40. The molecule has 2 aliphatic rings. The highest BCUT2D eigenvalue weighted by Gasteiger charge is 2.53. The van der Waals surface area contributed by atoms with Crippen LogP contribution in [-0.2, 0) is 0 Å². The van der Waals surface area contributed by atoms with E-state index in [1.807, 2.05) is 22.4 Å². The third-order valence-corrected chi connectivity index (χ3v) is 4.95. The van der Waals surface area contributed by atoms with Gasteiger partial charge in [0.05, 0.1) is 17.0 Å². The van der Waals surface area contributed by atoms with Crippen LogP contribution in [0.4, 0.5) is 0 Å². The van der Waals surface area contributed by atoms with Crippen LogP contribution in [0.15, 0.2) is 17.5 Å². The van der Waals surface area contributed by atoms with E-state index >= 15 is 0 Å². The van der Waals surface area contributed by atoms with E-state index in [0.29, 0.717) is 19.0 Å². The predicted molar refractivity (Wildman–Crippen MR) is 67.1 cm³/mol. The molecule has 4 heteroatoms. The fourth-order valence-corrected chi connectivity index (χ4v) is 3.53. The summed E-state index contributed by atoms with van der Waals surface area (Å²) in [6.07, 6.45) is 2.23. The summed E-state index contributed by atoms with van der Waals surface area (Å²) in [5.74, 6) is 0.681. The van der Waals surface area contributed by atoms with E-state index in [-0.39, 0.29) is 11.8 Å². The molecule has 92 valence electrons. The summed E-state index contributed by atoms with van der Waals surface area (Å²) in [6, 6.07) is 3.75. The van der Waals surface area contributed by atoms with Gasteiger partial charge in [-0.15, -0.1) is 11.3 Å². The van der Waals surface area contributed by atoms with Crippen LogP contribution in [0.3, 0.4) is 0 Å². The van der Waals surface area contributed by atoms with Crippen molar-refractivity contribution in [1.29, 1.82) is 0 Å². The second-order valence-electron chi connectivity index (χ2n) is 5.33. The number of amides is 1. The second kappa shape index (κ2) is 3.82. The van der Waals surface area contributed by atoms with Crippen LogP contribution in [0, 0.1) is 11.8 Å². The molecule has 3 rings (SSSR count). The molecule has 0 aromatic carbocycles. The molecule has 0 bridgehead atoms. The largest absolute Gasteiger partial charge is 0.387 e. The molecule has 0 unspecified atom stereocenters. The second-order valence-corrected chi connectivity index (χ2v) is 6.28. The van der Waals surface area contributed by atoms with Gasteiger partial charge in [-0.2, -0.15) is 0 Å². The van der Waals surface area contributed by atoms with Crippen LogP contribution in [0.25, 0.3) is 0 Å². The molecule has 2 atom stereocenters. The number of aliphatic hydroxyl groups is 1. The SMILES string of the molecule is C[C@@H]1CN(C(=O)c2cccs2)C[C@@]1(O)C1CC1. The monoisotopic (exact) mass is 251 g/mol. The van der Waals surface area contributed by atoms with E-state index in [9.17, 15) is 9.90 Å². The molecule has 2 fully saturated rings. The molecule has 1 aliphatic heterocycles. The van der Waals surface area contributed by atoms with Crippen LogP contribution < -0.4 is 0 Å². The maximum Gasteiger partial charge on any atom is 0.264 e. The van der Waals surface area contributed by atoms with Gasteiger partial charge in [0.1, 0.15) is 0 Å². The molecule has 0 radical (unpaired) electrons. The third-order valence-electron chi connectivity index (χ3n) is 4.10. The Labute approximate surface area is 105 Å². The Kier molecular flexibility index (Phi) is 2.52. The summed E-state index contributed by atoms with van der Waals surface area (Å²) in [5.41, 5.74) is -0.632. The van der Waals surface area contributed by atoms with E-state index in [4.69, 9.17) is 0 Å². The third kappa shape index (κ3) is 1.79. The van der Waals surface area contributed by atoms with Crippen molar-refractivity contribution in [3.63, 3.8) is 0 Å². The molecular formula is C13H17NO2S. The fourth-order valence-electron chi connectivity index (χ4n) is 2.84. The van der Waals surface area contributed by atoms with Crippen molar-refractivity contribution in [3.05, 3.63) is 22.4 Å². The summed E-state index contributed by atoms with van der Waals surface area (Å²) in [5, 5.41) is 12.5. The lowest BCUT2D eigenvalue weighted by atomic mass is 9.88. The summed E-state index contributed by atoms with van der Waals surface area (Å²) < 4.78 is 0. The summed E-state index contributed by atoms with van der Waals surface area (Å²) in [7, 11) is 0. The van der Waals surface area contributed by atoms with Gasteiger partial charge in [-0.1, -0.05) is 13.0 Å². The van der Waals surface area contributed by atoms with Crippen molar-refractivity contribution in [1.82, 2.24) is 4.90 Å². The lowest BCUT2D eigenvalue weighted by molar-refractivity contribution is -0.00361. The first-order valence-electron chi connectivity index (χ1n) is 6.16. The minimum absolute atomic E-state index is 0.0726. The molecule has 3 nitrogen and oxygen atoms in total. The molecule has 1 aromatic heterocycles. The number of nitrogens with zero attached hydrogens (tertiary/aromatic N) is 1. The average molecular weight is 251 g/mol. The van der Waals surface area contributed by atoms with Crippen LogP contribution in [0.2, 0.25) is 0 Å². The number of β-amino-alcohol motifs (C(OH)–C–C–N with tert-alkyl or cyclic N) is 1. The van der Waals surface area contributed by atoms with Gasteiger partial charge >= 0.3 is 0 Å². The fraction of sp³-hybridized carbons (Fsp3) is 0.615. The molecule has 1 aromatic rings. The number of carbonyl (C=O) groups is 1. The Morgan fingerprint density at radius 2 is 2.35 bits per heavy atom. The Morgan fingerprint density at radius 3 is 2.94 bits per heavy atom. The highest BCUT2D eigenvalue weighted by atomic mass is 32.1. The highest BCUT2D eigenvalue weighted by Crippen LogP contribution is 2.47. The van der Waals surface area contributed by atoms with Crippen LogP contribution in [-0.4, -0.2) is 34.6 Å². The molecule has 1 saturated heterocycles. The molecule has 2 heterocycles. The first-order valence-corrected chi connectivity index (χ1v) is 7.04. The standard InChI is InChI=1S/C13H17NO2S/c1-9-7-14(8-13(9,16)10-4-5-10)12(15)11-3-2-6-17-11/h2-3,6,9-10,16H,4-5,7-8H2,1H3/t9-,13+/m1/s1. The minimum atomic E-state index is -0.632. The van der Waals surface area contributed by atoms with Crippen molar-refractivity contribution >= 4 is 17.2 Å². The van der Waals surface area contributed by atoms with Gasteiger partial charge in [0.15, 0.2) is 0 Å². The van der Waals surface area contributed by atoms with Crippen molar-refractivity contribution in [2.24, 2.45) is 11.8 Å². The van der Waals surface area contributed by atoms with Crippen molar-refractivity contribution in [3.8, 4) is 0 Å². The normalized spacial score (nSPS) is 33.1. The number of thiophene rings is 1. The van der Waals surface area contributed by atoms with Gasteiger partial charge in [0.2, 0.25) is 0 Å². The number of rotatable bonds is 2. The Bertz CT molecular complexity index is 427. The van der Waals surface area contributed by atoms with Crippen molar-refractivity contribution in [2.75, 3.05) is 13.1 Å². The number of hydrogen-bond donors (Lipinski definition) is 1. The number of likely N-dealkylation sites (tertiary alicyclic amines) is 1. The molecule has 1 aliphatic carbocycles. The lowest BCUT2D eigenvalue weighted by Gasteiger charge is -2.26. The molecular weight excluding hydrogens is 234 g/mol. The molecule has 1 amide bonds. The van der Waals surface area contributed by atoms with Gasteiger partial charge < -0.3 is 10.0 Å². The summed E-state index contributed by atoms with van der Waals surface area (Å²) >= 11 is 1.47. The van der Waals surface area contributed by atoms with Crippen molar-refractivity contribution in [2.45, 2.75) is 25.4 Å². The van der Waals surface area contributed by atoms with E-state index in [1.165, 1.54) is 11.3 Å². The maximum absolute atomic E-state index is 12.2. The Morgan fingerprint density at radius 1 is 1.59 bits per heavy atom. The average Bonchev–Trinajstić information content (AvgIpc) is 2.94. The molecule has 0 spiro atoms. The number of carbonyl (C=O) groups excluding carboxylic acids is 1. The summed E-state index contributed by atoms with van der Waals surface area (Å²) in [6.45, 7) is 3.25. The minimum Gasteiger partial charge on any atom is -0.387 e. The molecule has 1 N–H and O–H groups in total. The van der Waals surface area contributed by atoms with Crippen molar-refractivity contribution < 1.29 is 9.90 Å². The zero-order valence-corrected chi connectivity index (χ0v) is 10.7. The number of hydrogen-bond acceptors (Lipinski definition) is 3. The van der Waals surface area contributed by atoms with Gasteiger partial charge in [0, 0.05) is 12.5 Å². The summed E-state index contributed by atoms with van der Waals surface area (Å²) in [4.78, 5) is 14.8. The first-order chi connectivity index (χ1) is 8.11. The quantitative estimate of drug-likeness (QED) is 0.873.